The van der Waals surface area contributed by atoms with E-state index in [0.717, 1.165) is 18.1 Å². The number of nitrogens with two attached hydrogens (primary N) is 1. The fourth-order valence-corrected chi connectivity index (χ4v) is 3.18. The molecular weight excluding hydrogens is 260 g/mol. The lowest BCUT2D eigenvalue weighted by molar-refractivity contribution is 0.0854. The molecule has 1 heterocycles. The van der Waals surface area contributed by atoms with Crippen LogP contribution in [0.2, 0.25) is 0 Å². The number of hydrogen-bond donors (Lipinski definition) is 2. The van der Waals surface area contributed by atoms with E-state index in [1.165, 1.54) is 30.6 Å². The Labute approximate surface area is 118 Å². The van der Waals surface area contributed by atoms with Gasteiger partial charge in [-0.1, -0.05) is 24.7 Å². The van der Waals surface area contributed by atoms with Crippen molar-refractivity contribution < 1.29 is 4.79 Å². The molecule has 1 aliphatic carbocycles. The third-order valence-electron chi connectivity index (χ3n) is 4.02. The minimum absolute atomic E-state index is 0.0946. The van der Waals surface area contributed by atoms with E-state index in [1.54, 1.807) is 0 Å². The van der Waals surface area contributed by atoms with Crippen LogP contribution in [0, 0.1) is 5.41 Å². The molecule has 106 valence electrons. The number of thiazole rings is 1. The summed E-state index contributed by atoms with van der Waals surface area (Å²) in [6.07, 6.45) is 4.82. The van der Waals surface area contributed by atoms with Gasteiger partial charge in [0.2, 0.25) is 0 Å². The molecule has 0 aliphatic heterocycles. The fraction of sp³-hybridized carbons (Fsp3) is 0.692. The molecule has 3 N–H and O–H groups in total. The number of nitrogen functional groups attached to an aromatic ring is 1. The van der Waals surface area contributed by atoms with Gasteiger partial charge in [-0.2, -0.15) is 0 Å². The maximum Gasteiger partial charge on any atom is 0.265 e. The van der Waals surface area contributed by atoms with E-state index >= 15 is 0 Å². The Morgan fingerprint density at radius 3 is 2.63 bits per heavy atom. The van der Waals surface area contributed by atoms with Gasteiger partial charge in [0.25, 0.3) is 5.91 Å². The van der Waals surface area contributed by atoms with Crippen molar-refractivity contribution in [1.29, 1.82) is 0 Å². The number of anilines is 2. The Kier molecular flexibility index (Phi) is 3.99. The number of carbonyl (C=O) groups is 1. The van der Waals surface area contributed by atoms with Crippen LogP contribution in [0.1, 0.15) is 42.3 Å². The number of hydrogen-bond acceptors (Lipinski definition) is 5. The van der Waals surface area contributed by atoms with Crippen molar-refractivity contribution >= 4 is 28.2 Å². The van der Waals surface area contributed by atoms with E-state index in [9.17, 15) is 4.79 Å². The largest absolute Gasteiger partial charge is 0.382 e. The average molecular weight is 282 g/mol. The summed E-state index contributed by atoms with van der Waals surface area (Å²) in [5.74, 6) is 0.230. The van der Waals surface area contributed by atoms with Gasteiger partial charge >= 0.3 is 0 Å². The minimum Gasteiger partial charge on any atom is -0.382 e. The summed E-state index contributed by atoms with van der Waals surface area (Å²) in [6, 6.07) is 0. The van der Waals surface area contributed by atoms with Gasteiger partial charge in [0, 0.05) is 20.6 Å². The summed E-state index contributed by atoms with van der Waals surface area (Å²) >= 11 is 1.34. The molecule has 1 aromatic heterocycles. The van der Waals surface area contributed by atoms with Crippen LogP contribution < -0.4 is 16.0 Å². The lowest BCUT2D eigenvalue weighted by Gasteiger charge is -2.41. The fourth-order valence-electron chi connectivity index (χ4n) is 2.35. The smallest absolute Gasteiger partial charge is 0.265 e. The Bertz CT molecular complexity index is 460. The zero-order chi connectivity index (χ0) is 14.0. The van der Waals surface area contributed by atoms with E-state index < -0.39 is 0 Å². The number of rotatable bonds is 5. The first kappa shape index (κ1) is 14.1. The van der Waals surface area contributed by atoms with Crippen LogP contribution in [0.15, 0.2) is 0 Å². The van der Waals surface area contributed by atoms with Gasteiger partial charge in [0.1, 0.15) is 10.7 Å². The van der Waals surface area contributed by atoms with Crippen molar-refractivity contribution in [2.45, 2.75) is 32.6 Å². The number of aromatic nitrogens is 1. The van der Waals surface area contributed by atoms with Gasteiger partial charge < -0.3 is 16.0 Å². The Morgan fingerprint density at radius 1 is 1.53 bits per heavy atom. The zero-order valence-electron chi connectivity index (χ0n) is 11.8. The normalized spacial score (nSPS) is 16.8. The standard InChI is InChI=1S/C13H22N4OS/c1-4-13(6-5-7-13)8-15-11(18)9-10(14)16-12(19-9)17(2)3/h4-8,14H2,1-3H3,(H,15,18). The second-order valence-electron chi connectivity index (χ2n) is 5.50. The number of amides is 1. The van der Waals surface area contributed by atoms with Gasteiger partial charge in [-0.25, -0.2) is 4.98 Å². The van der Waals surface area contributed by atoms with E-state index in [1.807, 2.05) is 19.0 Å². The topological polar surface area (TPSA) is 71.2 Å². The molecule has 0 spiro atoms. The second kappa shape index (κ2) is 5.36. The Hall–Kier alpha value is -1.30. The van der Waals surface area contributed by atoms with Crippen molar-refractivity contribution in [2.24, 2.45) is 5.41 Å². The highest BCUT2D eigenvalue weighted by Gasteiger charge is 2.35. The van der Waals surface area contributed by atoms with E-state index in [4.69, 9.17) is 5.73 Å². The molecule has 0 atom stereocenters. The molecular formula is C13H22N4OS. The summed E-state index contributed by atoms with van der Waals surface area (Å²) < 4.78 is 0. The summed E-state index contributed by atoms with van der Waals surface area (Å²) in [6.45, 7) is 2.94. The molecule has 1 aromatic rings. The second-order valence-corrected chi connectivity index (χ2v) is 6.47. The van der Waals surface area contributed by atoms with Gasteiger partial charge in [0.05, 0.1) is 0 Å². The van der Waals surface area contributed by atoms with Crippen LogP contribution in [0.4, 0.5) is 10.9 Å². The number of carbonyl (C=O) groups excluding carboxylic acids is 1. The van der Waals surface area contributed by atoms with E-state index in [-0.39, 0.29) is 5.91 Å². The van der Waals surface area contributed by atoms with Crippen LogP contribution in [0.25, 0.3) is 0 Å². The van der Waals surface area contributed by atoms with Gasteiger partial charge in [-0.15, -0.1) is 0 Å². The highest BCUT2D eigenvalue weighted by atomic mass is 32.1. The average Bonchev–Trinajstić information content (AvgIpc) is 2.70. The van der Waals surface area contributed by atoms with Crippen LogP contribution >= 0.6 is 11.3 Å². The predicted molar refractivity (Wildman–Crippen MR) is 79.8 cm³/mol. The van der Waals surface area contributed by atoms with Crippen molar-refractivity contribution in [1.82, 2.24) is 10.3 Å². The summed E-state index contributed by atoms with van der Waals surface area (Å²) in [7, 11) is 3.78. The highest BCUT2D eigenvalue weighted by Crippen LogP contribution is 2.43. The van der Waals surface area contributed by atoms with Crippen LogP contribution in [0.3, 0.4) is 0 Å². The molecule has 19 heavy (non-hydrogen) atoms. The highest BCUT2D eigenvalue weighted by molar-refractivity contribution is 7.18. The molecule has 1 saturated carbocycles. The van der Waals surface area contributed by atoms with Crippen molar-refractivity contribution in [3.63, 3.8) is 0 Å². The van der Waals surface area contributed by atoms with Crippen LogP contribution in [-0.2, 0) is 0 Å². The quantitative estimate of drug-likeness (QED) is 0.867. The summed E-state index contributed by atoms with van der Waals surface area (Å²) in [5, 5.41) is 3.78. The monoisotopic (exact) mass is 282 g/mol. The molecule has 2 rings (SSSR count). The van der Waals surface area contributed by atoms with Gasteiger partial charge in [-0.3, -0.25) is 4.79 Å². The SMILES string of the molecule is CCC1(CNC(=O)c2sc(N(C)C)nc2N)CCC1. The molecule has 6 heteroatoms. The number of nitrogens with one attached hydrogen (secondary N) is 1. The molecule has 5 nitrogen and oxygen atoms in total. The molecule has 1 fully saturated rings. The lowest BCUT2D eigenvalue weighted by Crippen LogP contribution is -2.41. The van der Waals surface area contributed by atoms with Crippen LogP contribution in [0.5, 0.6) is 0 Å². The first-order valence-electron chi connectivity index (χ1n) is 6.69. The molecule has 0 bridgehead atoms. The van der Waals surface area contributed by atoms with E-state index in [0.29, 0.717) is 16.1 Å². The first-order valence-corrected chi connectivity index (χ1v) is 7.51. The lowest BCUT2D eigenvalue weighted by atomic mass is 9.67. The third-order valence-corrected chi connectivity index (χ3v) is 5.26. The molecule has 1 amide bonds. The van der Waals surface area contributed by atoms with E-state index in [2.05, 4.69) is 17.2 Å². The molecule has 0 radical (unpaired) electrons. The van der Waals surface area contributed by atoms with Crippen LogP contribution in [-0.4, -0.2) is 31.5 Å². The molecule has 0 saturated heterocycles. The molecule has 1 aliphatic rings. The summed E-state index contributed by atoms with van der Waals surface area (Å²) in [5.41, 5.74) is 6.13. The summed E-state index contributed by atoms with van der Waals surface area (Å²) in [4.78, 5) is 18.7. The van der Waals surface area contributed by atoms with Crippen molar-refractivity contribution in [3.8, 4) is 0 Å². The maximum absolute atomic E-state index is 12.2. The molecule has 0 unspecified atom stereocenters. The zero-order valence-corrected chi connectivity index (χ0v) is 12.6. The third kappa shape index (κ3) is 2.83. The van der Waals surface area contributed by atoms with Gasteiger partial charge in [0.15, 0.2) is 5.13 Å². The Morgan fingerprint density at radius 2 is 2.21 bits per heavy atom. The van der Waals surface area contributed by atoms with Crippen molar-refractivity contribution in [3.05, 3.63) is 4.88 Å². The molecule has 0 aromatic carbocycles. The first-order chi connectivity index (χ1) is 8.97. The maximum atomic E-state index is 12.2. The predicted octanol–water partition coefficient (Wildman–Crippen LogP) is 2.10. The van der Waals surface area contributed by atoms with Gasteiger partial charge in [-0.05, 0) is 24.7 Å². The Balaban J connectivity index is 2.00. The van der Waals surface area contributed by atoms with Crippen molar-refractivity contribution in [2.75, 3.05) is 31.3 Å². The minimum atomic E-state index is -0.0946. The number of nitrogens with zero attached hydrogens (tertiary/aromatic N) is 2.